The molecule has 2 N–H and O–H groups in total. The number of hydrogen-bond acceptors (Lipinski definition) is 2. The highest BCUT2D eigenvalue weighted by Crippen LogP contribution is 2.31. The van der Waals surface area contributed by atoms with E-state index in [1.165, 1.54) is 11.1 Å². The summed E-state index contributed by atoms with van der Waals surface area (Å²) in [6, 6.07) is 16.5. The largest absolute Gasteiger partial charge is 0.493 e. The summed E-state index contributed by atoms with van der Waals surface area (Å²) in [6.45, 7) is 3.44. The number of halogens is 1. The van der Waals surface area contributed by atoms with Gasteiger partial charge in [0.05, 0.1) is 6.61 Å². The van der Waals surface area contributed by atoms with Crippen molar-refractivity contribution < 1.29 is 4.74 Å². The minimum atomic E-state index is 0. The summed E-state index contributed by atoms with van der Waals surface area (Å²) in [5.74, 6) is 0.931. The molecule has 19 heavy (non-hydrogen) atoms. The number of aryl methyl sites for hydroxylation is 1. The summed E-state index contributed by atoms with van der Waals surface area (Å²) < 4.78 is 5.81. The second-order valence-corrected chi connectivity index (χ2v) is 4.30. The van der Waals surface area contributed by atoms with Crippen molar-refractivity contribution in [3.8, 4) is 16.9 Å². The predicted octanol–water partition coefficient (Wildman–Crippen LogP) is 3.81. The lowest BCUT2D eigenvalue weighted by Crippen LogP contribution is -2.06. The molecule has 0 aliphatic heterocycles. The lowest BCUT2D eigenvalue weighted by atomic mass is 10.00. The van der Waals surface area contributed by atoms with E-state index in [-0.39, 0.29) is 12.4 Å². The minimum absolute atomic E-state index is 0. The predicted molar refractivity (Wildman–Crippen MR) is 83.0 cm³/mol. The fraction of sp³-hybridized carbons (Fsp3) is 0.250. The summed E-state index contributed by atoms with van der Waals surface area (Å²) in [4.78, 5) is 0. The Morgan fingerprint density at radius 2 is 1.58 bits per heavy atom. The molecule has 0 aromatic heterocycles. The molecule has 0 fully saturated rings. The first kappa shape index (κ1) is 15.5. The standard InChI is InChI=1S/C16H19NO.ClH/c1-13-7-2-3-8-14(13)15-9-4-5-10-16(15)18-12-6-11-17;/h2-5,7-10H,6,11-12,17H2,1H3;1H. The van der Waals surface area contributed by atoms with Crippen molar-refractivity contribution in [2.75, 3.05) is 13.2 Å². The van der Waals surface area contributed by atoms with E-state index in [1.807, 2.05) is 18.2 Å². The van der Waals surface area contributed by atoms with E-state index >= 15 is 0 Å². The Kier molecular flexibility index (Phi) is 6.40. The first-order valence-corrected chi connectivity index (χ1v) is 6.31. The first-order chi connectivity index (χ1) is 8.83. The molecule has 2 aromatic carbocycles. The van der Waals surface area contributed by atoms with Crippen LogP contribution in [0.3, 0.4) is 0 Å². The number of hydrogen-bond donors (Lipinski definition) is 1. The van der Waals surface area contributed by atoms with E-state index in [0.29, 0.717) is 13.2 Å². The van der Waals surface area contributed by atoms with Gasteiger partial charge in [-0.3, -0.25) is 0 Å². The fourth-order valence-corrected chi connectivity index (χ4v) is 1.96. The number of para-hydroxylation sites is 1. The maximum absolute atomic E-state index is 5.81. The van der Waals surface area contributed by atoms with Crippen LogP contribution < -0.4 is 10.5 Å². The monoisotopic (exact) mass is 277 g/mol. The van der Waals surface area contributed by atoms with Crippen molar-refractivity contribution in [2.24, 2.45) is 5.73 Å². The Labute approximate surface area is 121 Å². The quantitative estimate of drug-likeness (QED) is 0.844. The molecule has 3 heteroatoms. The second-order valence-electron chi connectivity index (χ2n) is 4.30. The summed E-state index contributed by atoms with van der Waals surface area (Å²) in [6.07, 6.45) is 0.877. The Bertz CT molecular complexity index is 514. The van der Waals surface area contributed by atoms with Gasteiger partial charge in [0.2, 0.25) is 0 Å². The lowest BCUT2D eigenvalue weighted by Gasteiger charge is -2.12. The molecule has 0 radical (unpaired) electrons. The van der Waals surface area contributed by atoms with Crippen LogP contribution in [0.15, 0.2) is 48.5 Å². The van der Waals surface area contributed by atoms with Crippen LogP contribution in [0.25, 0.3) is 11.1 Å². The van der Waals surface area contributed by atoms with Crippen LogP contribution in [-0.2, 0) is 0 Å². The Morgan fingerprint density at radius 3 is 2.26 bits per heavy atom. The molecule has 0 bridgehead atoms. The molecule has 2 nitrogen and oxygen atoms in total. The zero-order valence-electron chi connectivity index (χ0n) is 11.1. The molecule has 0 saturated carbocycles. The third kappa shape index (κ3) is 3.98. The molecule has 0 spiro atoms. The van der Waals surface area contributed by atoms with E-state index < -0.39 is 0 Å². The van der Waals surface area contributed by atoms with E-state index in [2.05, 4.69) is 37.3 Å². The van der Waals surface area contributed by atoms with Crippen molar-refractivity contribution in [2.45, 2.75) is 13.3 Å². The first-order valence-electron chi connectivity index (χ1n) is 6.31. The van der Waals surface area contributed by atoms with E-state index in [4.69, 9.17) is 10.5 Å². The normalized spacial score (nSPS) is 9.79. The zero-order valence-corrected chi connectivity index (χ0v) is 12.0. The fourth-order valence-electron chi connectivity index (χ4n) is 1.96. The van der Waals surface area contributed by atoms with Gasteiger partial charge in [-0.05, 0) is 37.1 Å². The summed E-state index contributed by atoms with van der Waals surface area (Å²) in [5.41, 5.74) is 9.11. The zero-order chi connectivity index (χ0) is 12.8. The molecule has 0 aliphatic rings. The molecular formula is C16H20ClNO. The average Bonchev–Trinajstić information content (AvgIpc) is 2.40. The van der Waals surface area contributed by atoms with Gasteiger partial charge >= 0.3 is 0 Å². The van der Waals surface area contributed by atoms with Crippen LogP contribution in [0.4, 0.5) is 0 Å². The van der Waals surface area contributed by atoms with Gasteiger partial charge in [0.15, 0.2) is 0 Å². The van der Waals surface area contributed by atoms with Crippen molar-refractivity contribution in [1.29, 1.82) is 0 Å². The van der Waals surface area contributed by atoms with Gasteiger partial charge in [-0.15, -0.1) is 12.4 Å². The van der Waals surface area contributed by atoms with Crippen molar-refractivity contribution in [1.82, 2.24) is 0 Å². The summed E-state index contributed by atoms with van der Waals surface area (Å²) in [5, 5.41) is 0. The van der Waals surface area contributed by atoms with Crippen LogP contribution in [-0.4, -0.2) is 13.2 Å². The molecule has 0 heterocycles. The van der Waals surface area contributed by atoms with Gasteiger partial charge in [-0.1, -0.05) is 42.5 Å². The molecule has 2 rings (SSSR count). The van der Waals surface area contributed by atoms with Crippen molar-refractivity contribution in [3.63, 3.8) is 0 Å². The minimum Gasteiger partial charge on any atom is -0.493 e. The smallest absolute Gasteiger partial charge is 0.127 e. The maximum Gasteiger partial charge on any atom is 0.127 e. The second kappa shape index (κ2) is 7.82. The molecule has 0 amide bonds. The highest BCUT2D eigenvalue weighted by molar-refractivity contribution is 5.85. The van der Waals surface area contributed by atoms with Gasteiger partial charge in [0, 0.05) is 5.56 Å². The third-order valence-corrected chi connectivity index (χ3v) is 2.93. The van der Waals surface area contributed by atoms with Gasteiger partial charge in [-0.25, -0.2) is 0 Å². The summed E-state index contributed by atoms with van der Waals surface area (Å²) in [7, 11) is 0. The van der Waals surface area contributed by atoms with E-state index in [0.717, 1.165) is 17.7 Å². The van der Waals surface area contributed by atoms with Gasteiger partial charge in [-0.2, -0.15) is 0 Å². The molecule has 0 atom stereocenters. The molecular weight excluding hydrogens is 258 g/mol. The highest BCUT2D eigenvalue weighted by atomic mass is 35.5. The van der Waals surface area contributed by atoms with Crippen LogP contribution in [0.5, 0.6) is 5.75 Å². The summed E-state index contributed by atoms with van der Waals surface area (Å²) >= 11 is 0. The molecule has 2 aromatic rings. The van der Waals surface area contributed by atoms with Crippen LogP contribution >= 0.6 is 12.4 Å². The highest BCUT2D eigenvalue weighted by Gasteiger charge is 2.07. The van der Waals surface area contributed by atoms with Crippen molar-refractivity contribution in [3.05, 3.63) is 54.1 Å². The molecule has 102 valence electrons. The Morgan fingerprint density at radius 1 is 0.947 bits per heavy atom. The lowest BCUT2D eigenvalue weighted by molar-refractivity contribution is 0.314. The van der Waals surface area contributed by atoms with Gasteiger partial charge < -0.3 is 10.5 Å². The van der Waals surface area contributed by atoms with E-state index in [9.17, 15) is 0 Å². The number of nitrogens with two attached hydrogens (primary N) is 1. The van der Waals surface area contributed by atoms with Gasteiger partial charge in [0.1, 0.15) is 5.75 Å². The van der Waals surface area contributed by atoms with Crippen LogP contribution in [0.2, 0.25) is 0 Å². The maximum atomic E-state index is 5.81. The van der Waals surface area contributed by atoms with Gasteiger partial charge in [0.25, 0.3) is 0 Å². The van der Waals surface area contributed by atoms with Crippen LogP contribution in [0, 0.1) is 6.92 Å². The number of benzene rings is 2. The number of ether oxygens (including phenoxy) is 1. The third-order valence-electron chi connectivity index (χ3n) is 2.93. The molecule has 0 saturated heterocycles. The molecule has 0 unspecified atom stereocenters. The SMILES string of the molecule is Cc1ccccc1-c1ccccc1OCCCN.Cl. The van der Waals surface area contributed by atoms with Crippen molar-refractivity contribution >= 4 is 12.4 Å². The van der Waals surface area contributed by atoms with E-state index in [1.54, 1.807) is 0 Å². The number of rotatable bonds is 5. The Balaban J connectivity index is 0.00000180. The molecule has 0 aliphatic carbocycles. The van der Waals surface area contributed by atoms with Crippen LogP contribution in [0.1, 0.15) is 12.0 Å². The topological polar surface area (TPSA) is 35.2 Å². The Hall–Kier alpha value is -1.51. The average molecular weight is 278 g/mol.